The Balaban J connectivity index is 2.09. The van der Waals surface area contributed by atoms with Gasteiger partial charge in [-0.25, -0.2) is 4.79 Å². The maximum absolute atomic E-state index is 12.3. The van der Waals surface area contributed by atoms with Crippen molar-refractivity contribution in [1.29, 1.82) is 0 Å². The van der Waals surface area contributed by atoms with Crippen molar-refractivity contribution in [3.05, 3.63) is 28.2 Å². The molecule has 1 aromatic carbocycles. The molecule has 0 bridgehead atoms. The van der Waals surface area contributed by atoms with Gasteiger partial charge < -0.3 is 15.3 Å². The minimum absolute atomic E-state index is 0.252. The van der Waals surface area contributed by atoms with Crippen LogP contribution in [0.3, 0.4) is 0 Å². The number of carbonyl (C=O) groups is 2. The molecule has 0 radical (unpaired) electrons. The summed E-state index contributed by atoms with van der Waals surface area (Å²) in [4.78, 5) is 25.3. The molecule has 0 saturated carbocycles. The molecule has 1 aromatic rings. The van der Waals surface area contributed by atoms with Crippen LogP contribution in [-0.2, 0) is 4.79 Å². The molecule has 0 aliphatic carbocycles. The third-order valence-corrected chi connectivity index (χ3v) is 4.83. The zero-order valence-electron chi connectivity index (χ0n) is 12.1. The second-order valence-electron chi connectivity index (χ2n) is 5.52. The third-order valence-electron chi connectivity index (χ3n) is 4.13. The van der Waals surface area contributed by atoms with Gasteiger partial charge >= 0.3 is 12.0 Å². The normalized spacial score (nSPS) is 21.4. The van der Waals surface area contributed by atoms with Gasteiger partial charge in [0.05, 0.1) is 11.1 Å². The van der Waals surface area contributed by atoms with E-state index in [2.05, 4.69) is 21.2 Å². The van der Waals surface area contributed by atoms with Crippen LogP contribution in [0.1, 0.15) is 25.3 Å². The quantitative estimate of drug-likeness (QED) is 0.872. The lowest BCUT2D eigenvalue weighted by atomic mass is 9.84. The average molecular weight is 355 g/mol. The SMILES string of the molecule is CCC1(C(=O)O)CCN(C(=O)Nc2cc(C)ccc2Br)C1. The highest BCUT2D eigenvalue weighted by Gasteiger charge is 2.44. The van der Waals surface area contributed by atoms with Gasteiger partial charge in [-0.05, 0) is 53.4 Å². The number of urea groups is 1. The minimum Gasteiger partial charge on any atom is -0.481 e. The predicted octanol–water partition coefficient (Wildman–Crippen LogP) is 3.48. The highest BCUT2D eigenvalue weighted by Crippen LogP contribution is 2.34. The van der Waals surface area contributed by atoms with E-state index in [1.54, 1.807) is 4.90 Å². The molecule has 1 saturated heterocycles. The molecule has 1 atom stereocenters. The summed E-state index contributed by atoms with van der Waals surface area (Å²) >= 11 is 3.40. The van der Waals surface area contributed by atoms with Crippen LogP contribution in [0.25, 0.3) is 0 Å². The molecule has 1 aliphatic heterocycles. The monoisotopic (exact) mass is 354 g/mol. The fraction of sp³-hybridized carbons (Fsp3) is 0.467. The molecule has 0 aromatic heterocycles. The summed E-state index contributed by atoms with van der Waals surface area (Å²) < 4.78 is 0.806. The minimum atomic E-state index is -0.822. The van der Waals surface area contributed by atoms with Gasteiger partial charge in [-0.1, -0.05) is 13.0 Å². The van der Waals surface area contributed by atoms with Crippen LogP contribution in [0.5, 0.6) is 0 Å². The molecule has 2 amide bonds. The Hall–Kier alpha value is -1.56. The van der Waals surface area contributed by atoms with E-state index in [0.29, 0.717) is 25.1 Å². The topological polar surface area (TPSA) is 69.6 Å². The second-order valence-corrected chi connectivity index (χ2v) is 6.38. The Morgan fingerprint density at radius 3 is 2.76 bits per heavy atom. The molecule has 1 fully saturated rings. The van der Waals surface area contributed by atoms with Crippen molar-refractivity contribution in [2.45, 2.75) is 26.7 Å². The summed E-state index contributed by atoms with van der Waals surface area (Å²) in [5, 5.41) is 12.2. The number of nitrogens with one attached hydrogen (secondary N) is 1. The molecule has 2 N–H and O–H groups in total. The van der Waals surface area contributed by atoms with Crippen molar-refractivity contribution in [3.8, 4) is 0 Å². The number of carbonyl (C=O) groups excluding carboxylic acids is 1. The summed E-state index contributed by atoms with van der Waals surface area (Å²) in [6.45, 7) is 4.53. The van der Waals surface area contributed by atoms with E-state index in [0.717, 1.165) is 10.0 Å². The zero-order chi connectivity index (χ0) is 15.6. The molecule has 1 unspecified atom stereocenters. The Morgan fingerprint density at radius 1 is 1.48 bits per heavy atom. The van der Waals surface area contributed by atoms with Gasteiger partial charge in [0.15, 0.2) is 0 Å². The number of rotatable bonds is 3. The summed E-state index contributed by atoms with van der Waals surface area (Å²) in [5.74, 6) is -0.822. The first-order chi connectivity index (χ1) is 9.88. The van der Waals surface area contributed by atoms with E-state index < -0.39 is 11.4 Å². The maximum atomic E-state index is 12.3. The molecular weight excluding hydrogens is 336 g/mol. The van der Waals surface area contributed by atoms with Crippen molar-refractivity contribution in [2.75, 3.05) is 18.4 Å². The molecule has 1 aliphatic rings. The number of carboxylic acid groups (broad SMARTS) is 1. The van der Waals surface area contributed by atoms with Gasteiger partial charge in [0.2, 0.25) is 0 Å². The molecule has 114 valence electrons. The molecule has 5 nitrogen and oxygen atoms in total. The summed E-state index contributed by atoms with van der Waals surface area (Å²) in [6.07, 6.45) is 1.03. The highest BCUT2D eigenvalue weighted by atomic mass is 79.9. The smallest absolute Gasteiger partial charge is 0.321 e. The zero-order valence-corrected chi connectivity index (χ0v) is 13.7. The van der Waals surface area contributed by atoms with Crippen LogP contribution in [0.15, 0.2) is 22.7 Å². The highest BCUT2D eigenvalue weighted by molar-refractivity contribution is 9.10. The van der Waals surface area contributed by atoms with Crippen molar-refractivity contribution < 1.29 is 14.7 Å². The fourth-order valence-electron chi connectivity index (χ4n) is 2.59. The average Bonchev–Trinajstić information content (AvgIpc) is 2.89. The van der Waals surface area contributed by atoms with Crippen molar-refractivity contribution in [2.24, 2.45) is 5.41 Å². The molecule has 21 heavy (non-hydrogen) atoms. The number of carboxylic acids is 1. The van der Waals surface area contributed by atoms with Crippen LogP contribution in [0, 0.1) is 12.3 Å². The standard InChI is InChI=1S/C15H19BrN2O3/c1-3-15(13(19)20)6-7-18(9-15)14(21)17-12-8-10(2)4-5-11(12)16/h4-5,8H,3,6-7,9H2,1-2H3,(H,17,21)(H,19,20). The van der Waals surface area contributed by atoms with Crippen LogP contribution in [0.4, 0.5) is 10.5 Å². The Labute approximate surface area is 132 Å². The second kappa shape index (κ2) is 6.05. The summed E-state index contributed by atoms with van der Waals surface area (Å²) in [7, 11) is 0. The van der Waals surface area contributed by atoms with E-state index in [4.69, 9.17) is 0 Å². The van der Waals surface area contributed by atoms with Crippen LogP contribution >= 0.6 is 15.9 Å². The summed E-state index contributed by atoms with van der Waals surface area (Å²) in [5.41, 5.74) is 0.939. The maximum Gasteiger partial charge on any atom is 0.321 e. The number of aliphatic carboxylic acids is 1. The molecular formula is C15H19BrN2O3. The number of anilines is 1. The van der Waals surface area contributed by atoms with E-state index in [1.165, 1.54) is 0 Å². The number of halogens is 1. The van der Waals surface area contributed by atoms with Crippen molar-refractivity contribution >= 4 is 33.6 Å². The van der Waals surface area contributed by atoms with Gasteiger partial charge in [-0.3, -0.25) is 4.79 Å². The lowest BCUT2D eigenvalue weighted by Crippen LogP contribution is -2.38. The number of amides is 2. The number of hydrogen-bond donors (Lipinski definition) is 2. The van der Waals surface area contributed by atoms with Crippen LogP contribution < -0.4 is 5.32 Å². The number of nitrogens with zero attached hydrogens (tertiary/aromatic N) is 1. The van der Waals surface area contributed by atoms with E-state index in [9.17, 15) is 14.7 Å². The fourth-order valence-corrected chi connectivity index (χ4v) is 2.94. The Morgan fingerprint density at radius 2 is 2.19 bits per heavy atom. The lowest BCUT2D eigenvalue weighted by molar-refractivity contribution is -0.148. The first-order valence-electron chi connectivity index (χ1n) is 6.93. The molecule has 2 rings (SSSR count). The Kier molecular flexibility index (Phi) is 4.56. The van der Waals surface area contributed by atoms with Gasteiger partial charge in [0, 0.05) is 17.6 Å². The van der Waals surface area contributed by atoms with Crippen LogP contribution in [-0.4, -0.2) is 35.1 Å². The van der Waals surface area contributed by atoms with Crippen LogP contribution in [0.2, 0.25) is 0 Å². The lowest BCUT2D eigenvalue weighted by Gasteiger charge is -2.23. The Bertz CT molecular complexity index is 576. The molecule has 1 heterocycles. The number of benzene rings is 1. The number of likely N-dealkylation sites (tertiary alicyclic amines) is 1. The molecule has 0 spiro atoms. The first kappa shape index (κ1) is 15.8. The molecule has 6 heteroatoms. The van der Waals surface area contributed by atoms with Gasteiger partial charge in [0.25, 0.3) is 0 Å². The number of aryl methyl sites for hydroxylation is 1. The predicted molar refractivity (Wildman–Crippen MR) is 84.4 cm³/mol. The van der Waals surface area contributed by atoms with E-state index in [-0.39, 0.29) is 12.6 Å². The van der Waals surface area contributed by atoms with Crippen molar-refractivity contribution in [3.63, 3.8) is 0 Å². The first-order valence-corrected chi connectivity index (χ1v) is 7.73. The van der Waals surface area contributed by atoms with Crippen molar-refractivity contribution in [1.82, 2.24) is 4.90 Å². The van der Waals surface area contributed by atoms with Gasteiger partial charge in [-0.15, -0.1) is 0 Å². The largest absolute Gasteiger partial charge is 0.481 e. The third kappa shape index (κ3) is 3.20. The van der Waals surface area contributed by atoms with Gasteiger partial charge in [0.1, 0.15) is 0 Å². The number of hydrogen-bond acceptors (Lipinski definition) is 2. The van der Waals surface area contributed by atoms with Gasteiger partial charge in [-0.2, -0.15) is 0 Å². The summed E-state index contributed by atoms with van der Waals surface area (Å²) in [6, 6.07) is 5.45. The van der Waals surface area contributed by atoms with E-state index >= 15 is 0 Å². The van der Waals surface area contributed by atoms with E-state index in [1.807, 2.05) is 32.0 Å².